The molecule has 4 heterocycles. The molecule has 1 aliphatic carbocycles. The van der Waals surface area contributed by atoms with Crippen LogP contribution in [0.5, 0.6) is 0 Å². The first-order valence-corrected chi connectivity index (χ1v) is 19.8. The van der Waals surface area contributed by atoms with E-state index in [0.29, 0.717) is 5.82 Å². The largest absolute Gasteiger partial charge is 0.309 e. The van der Waals surface area contributed by atoms with Crippen molar-refractivity contribution in [2.75, 3.05) is 0 Å². The van der Waals surface area contributed by atoms with E-state index in [-0.39, 0.29) is 5.41 Å². The van der Waals surface area contributed by atoms with Crippen molar-refractivity contribution >= 4 is 70.8 Å². The summed E-state index contributed by atoms with van der Waals surface area (Å²) in [6.45, 7) is 4.67. The lowest BCUT2D eigenvalue weighted by Crippen LogP contribution is -2.15. The molecule has 0 N–H and O–H groups in total. The van der Waals surface area contributed by atoms with E-state index in [0.717, 1.165) is 33.4 Å². The first-order valence-electron chi connectivity index (χ1n) is 19.8. The second-order valence-electron chi connectivity index (χ2n) is 16.2. The molecule has 0 saturated heterocycles. The van der Waals surface area contributed by atoms with Gasteiger partial charge in [-0.1, -0.05) is 135 Å². The Hall–Kier alpha value is -7.30. The van der Waals surface area contributed by atoms with E-state index in [1.54, 1.807) is 0 Å². The minimum absolute atomic E-state index is 0.104. The first-order chi connectivity index (χ1) is 28.0. The summed E-state index contributed by atoms with van der Waals surface area (Å²) < 4.78 is 4.92. The maximum atomic E-state index is 5.41. The van der Waals surface area contributed by atoms with Gasteiger partial charge in [-0.15, -0.1) is 0 Å². The number of benzene rings is 8. The van der Waals surface area contributed by atoms with Crippen LogP contribution in [0.25, 0.3) is 110 Å². The Kier molecular flexibility index (Phi) is 5.94. The van der Waals surface area contributed by atoms with Gasteiger partial charge in [-0.05, 0) is 76.2 Å². The van der Waals surface area contributed by atoms with Gasteiger partial charge in [0.15, 0.2) is 5.82 Å². The lowest BCUT2D eigenvalue weighted by molar-refractivity contribution is 0.660. The highest BCUT2D eigenvalue weighted by molar-refractivity contribution is 6.31. The molecular weight excluding hydrogens is 693 g/mol. The maximum Gasteiger partial charge on any atom is 0.160 e. The summed E-state index contributed by atoms with van der Waals surface area (Å²) in [6.07, 6.45) is 0. The number of nitrogens with zero attached hydrogens (tertiary/aromatic N) is 4. The molecule has 0 unspecified atom stereocenters. The molecule has 266 valence electrons. The zero-order valence-corrected chi connectivity index (χ0v) is 31.5. The lowest BCUT2D eigenvalue weighted by atomic mass is 9.82. The SMILES string of the molecule is CC1(C)c2ccccc2-c2ccc(-c3nc(-c4cccc(-n5c6cccc7c8cccc9c%10ccccc%10n(c%10cccc5c%10c76)c89)c4)nc4ccccc34)cc21. The molecule has 0 aliphatic heterocycles. The van der Waals surface area contributed by atoms with E-state index >= 15 is 0 Å². The van der Waals surface area contributed by atoms with E-state index < -0.39 is 0 Å². The standard InChI is InChI=1S/C53H34N4/c1-53(2)41-21-6-3-15-34(41)35-28-27-31(30-42(35)53)50-40-17-4-7-22-43(40)54-52(55-50)32-13-9-14-33(29-32)56-45-24-11-18-37-39-20-10-19-38-36-16-5-8-23-44(36)57(51(38)39)47-26-12-25-46(56)49(47)48(37)45/h3-30H,1-2H3. The highest BCUT2D eigenvalue weighted by Gasteiger charge is 2.35. The third-order valence-electron chi connectivity index (χ3n) is 12.8. The zero-order chi connectivity index (χ0) is 37.6. The molecule has 1 aliphatic rings. The van der Waals surface area contributed by atoms with Crippen molar-refractivity contribution in [2.45, 2.75) is 19.3 Å². The number of fused-ring (bicyclic) bond motifs is 9. The summed E-state index contributed by atoms with van der Waals surface area (Å²) in [6, 6.07) is 62.0. The van der Waals surface area contributed by atoms with Crippen molar-refractivity contribution in [3.63, 3.8) is 0 Å². The molecule has 0 bridgehead atoms. The number of para-hydroxylation sites is 3. The van der Waals surface area contributed by atoms with E-state index in [4.69, 9.17) is 9.97 Å². The molecule has 0 radical (unpaired) electrons. The highest BCUT2D eigenvalue weighted by Crippen LogP contribution is 2.50. The van der Waals surface area contributed by atoms with Gasteiger partial charge in [-0.2, -0.15) is 0 Å². The molecule has 0 atom stereocenters. The fourth-order valence-electron chi connectivity index (χ4n) is 10.3. The van der Waals surface area contributed by atoms with Gasteiger partial charge in [0.1, 0.15) is 0 Å². The quantitative estimate of drug-likeness (QED) is 0.182. The summed E-state index contributed by atoms with van der Waals surface area (Å²) in [5, 5.41) is 8.67. The van der Waals surface area contributed by atoms with Gasteiger partial charge >= 0.3 is 0 Å². The van der Waals surface area contributed by atoms with Crippen LogP contribution in [0.3, 0.4) is 0 Å². The minimum atomic E-state index is -0.104. The average molecular weight is 727 g/mol. The molecule has 4 heteroatoms. The van der Waals surface area contributed by atoms with Crippen molar-refractivity contribution in [1.29, 1.82) is 0 Å². The van der Waals surface area contributed by atoms with Gasteiger partial charge < -0.3 is 8.97 Å². The summed E-state index contributed by atoms with van der Waals surface area (Å²) in [7, 11) is 0. The molecule has 57 heavy (non-hydrogen) atoms. The van der Waals surface area contributed by atoms with Crippen LogP contribution in [0.2, 0.25) is 0 Å². The highest BCUT2D eigenvalue weighted by atomic mass is 15.0. The second-order valence-corrected chi connectivity index (χ2v) is 16.2. The predicted octanol–water partition coefficient (Wildman–Crippen LogP) is 13.5. The Bertz CT molecular complexity index is 3670. The van der Waals surface area contributed by atoms with E-state index in [1.165, 1.54) is 82.2 Å². The number of rotatable bonds is 3. The van der Waals surface area contributed by atoms with Crippen LogP contribution in [-0.2, 0) is 5.41 Å². The molecule has 13 rings (SSSR count). The van der Waals surface area contributed by atoms with Crippen LogP contribution >= 0.6 is 0 Å². The molecule has 0 saturated carbocycles. The van der Waals surface area contributed by atoms with Gasteiger partial charge in [-0.3, -0.25) is 0 Å². The van der Waals surface area contributed by atoms with Gasteiger partial charge in [0.2, 0.25) is 0 Å². The summed E-state index contributed by atoms with van der Waals surface area (Å²) in [4.78, 5) is 10.6. The van der Waals surface area contributed by atoms with Crippen LogP contribution in [0.1, 0.15) is 25.0 Å². The second kappa shape index (κ2) is 10.9. The Labute approximate surface area is 328 Å². The molecule has 4 aromatic heterocycles. The predicted molar refractivity (Wildman–Crippen MR) is 237 cm³/mol. The zero-order valence-electron chi connectivity index (χ0n) is 31.5. The van der Waals surface area contributed by atoms with Gasteiger partial charge in [0.25, 0.3) is 0 Å². The van der Waals surface area contributed by atoms with Gasteiger partial charge in [0, 0.05) is 54.5 Å². The van der Waals surface area contributed by atoms with E-state index in [1.807, 2.05) is 0 Å². The monoisotopic (exact) mass is 726 g/mol. The number of aromatic nitrogens is 4. The van der Waals surface area contributed by atoms with Crippen LogP contribution in [-0.4, -0.2) is 18.9 Å². The molecule has 12 aromatic rings. The van der Waals surface area contributed by atoms with Crippen molar-refractivity contribution in [3.8, 4) is 39.5 Å². The lowest BCUT2D eigenvalue weighted by Gasteiger charge is -2.22. The third kappa shape index (κ3) is 4.01. The van der Waals surface area contributed by atoms with Crippen molar-refractivity contribution in [1.82, 2.24) is 18.9 Å². The summed E-state index contributed by atoms with van der Waals surface area (Å²) in [5.74, 6) is 0.715. The van der Waals surface area contributed by atoms with E-state index in [2.05, 4.69) is 193 Å². The molecule has 0 fully saturated rings. The third-order valence-corrected chi connectivity index (χ3v) is 12.8. The van der Waals surface area contributed by atoms with Gasteiger partial charge in [-0.25, -0.2) is 9.97 Å². The number of hydrogen-bond donors (Lipinski definition) is 0. The Balaban J connectivity index is 1.04. The topological polar surface area (TPSA) is 35.1 Å². The fraction of sp³-hybridized carbons (Fsp3) is 0.0566. The molecule has 8 aromatic carbocycles. The summed E-state index contributed by atoms with van der Waals surface area (Å²) in [5.41, 5.74) is 16.3. The van der Waals surface area contributed by atoms with Crippen LogP contribution < -0.4 is 0 Å². The fourth-order valence-corrected chi connectivity index (χ4v) is 10.3. The Morgan fingerprint density at radius 2 is 1.09 bits per heavy atom. The normalized spacial score (nSPS) is 13.6. The van der Waals surface area contributed by atoms with Crippen molar-refractivity contribution < 1.29 is 0 Å². The van der Waals surface area contributed by atoms with Gasteiger partial charge in [0.05, 0.1) is 38.8 Å². The Morgan fingerprint density at radius 3 is 2.00 bits per heavy atom. The molecule has 4 nitrogen and oxygen atoms in total. The maximum absolute atomic E-state index is 5.41. The van der Waals surface area contributed by atoms with Crippen LogP contribution in [0.15, 0.2) is 170 Å². The number of hydrogen-bond acceptors (Lipinski definition) is 2. The first kappa shape index (κ1) is 31.0. The average Bonchev–Trinajstić information content (AvgIpc) is 3.83. The Morgan fingerprint density at radius 1 is 0.439 bits per heavy atom. The van der Waals surface area contributed by atoms with Crippen molar-refractivity contribution in [3.05, 3.63) is 181 Å². The van der Waals surface area contributed by atoms with Crippen LogP contribution in [0.4, 0.5) is 0 Å². The molecular formula is C53H34N4. The molecule has 0 spiro atoms. The minimum Gasteiger partial charge on any atom is -0.309 e. The smallest absolute Gasteiger partial charge is 0.160 e. The van der Waals surface area contributed by atoms with E-state index in [9.17, 15) is 0 Å². The van der Waals surface area contributed by atoms with Crippen molar-refractivity contribution in [2.24, 2.45) is 0 Å². The molecule has 0 amide bonds. The summed E-state index contributed by atoms with van der Waals surface area (Å²) >= 11 is 0. The van der Waals surface area contributed by atoms with Crippen LogP contribution in [0, 0.1) is 0 Å².